The monoisotopic (exact) mass is 165 g/mol. The largest absolute Gasteiger partial charge is 0.375 e. The van der Waals surface area contributed by atoms with E-state index in [4.69, 9.17) is 0 Å². The Labute approximate surface area is 76.1 Å². The molecule has 0 aliphatic heterocycles. The van der Waals surface area contributed by atoms with E-state index in [9.17, 15) is 0 Å². The average molecular weight is 165 g/mol. The van der Waals surface area contributed by atoms with E-state index in [1.54, 1.807) is 0 Å². The molecule has 68 valence electrons. The minimum atomic E-state index is 1.04. The first-order chi connectivity index (χ1) is 5.76. The van der Waals surface area contributed by atoms with Gasteiger partial charge in [-0.3, -0.25) is 0 Å². The summed E-state index contributed by atoms with van der Waals surface area (Å²) in [7, 11) is 2.09. The molecular formula is C11H19N. The molecule has 1 heteroatoms. The van der Waals surface area contributed by atoms with Crippen LogP contribution in [0.2, 0.25) is 0 Å². The summed E-state index contributed by atoms with van der Waals surface area (Å²) in [6.07, 6.45) is 10.4. The minimum absolute atomic E-state index is 1.04. The zero-order valence-corrected chi connectivity index (χ0v) is 8.54. The van der Waals surface area contributed by atoms with Gasteiger partial charge in [0, 0.05) is 19.3 Å². The fourth-order valence-electron chi connectivity index (χ4n) is 0.858. The van der Waals surface area contributed by atoms with Gasteiger partial charge in [-0.25, -0.2) is 0 Å². The van der Waals surface area contributed by atoms with Crippen LogP contribution in [0.15, 0.2) is 36.1 Å². The lowest BCUT2D eigenvalue weighted by Gasteiger charge is -2.17. The van der Waals surface area contributed by atoms with Gasteiger partial charge >= 0.3 is 0 Å². The van der Waals surface area contributed by atoms with E-state index in [0.29, 0.717) is 0 Å². The predicted octanol–water partition coefficient (Wildman–Crippen LogP) is 2.97. The maximum Gasteiger partial charge on any atom is 0.0360 e. The molecule has 0 aromatic carbocycles. The molecule has 0 aliphatic carbocycles. The molecule has 0 rings (SSSR count). The number of rotatable bonds is 4. The van der Waals surface area contributed by atoms with Crippen LogP contribution in [-0.2, 0) is 0 Å². The Bertz CT molecular complexity index is 187. The molecule has 0 fully saturated rings. The predicted molar refractivity (Wildman–Crippen MR) is 56.0 cm³/mol. The summed E-state index contributed by atoms with van der Waals surface area (Å²) in [5.74, 6) is 0. The van der Waals surface area contributed by atoms with Gasteiger partial charge in [-0.05, 0) is 32.9 Å². The van der Waals surface area contributed by atoms with Crippen molar-refractivity contribution in [2.75, 3.05) is 13.6 Å². The summed E-state index contributed by atoms with van der Waals surface area (Å²) in [5.41, 5.74) is 1.25. The van der Waals surface area contributed by atoms with Crippen LogP contribution in [0.4, 0.5) is 0 Å². The second-order valence-corrected chi connectivity index (χ2v) is 2.63. The highest BCUT2D eigenvalue weighted by atomic mass is 15.1. The quantitative estimate of drug-likeness (QED) is 0.579. The maximum absolute atomic E-state index is 2.21. The van der Waals surface area contributed by atoms with E-state index in [2.05, 4.69) is 43.2 Å². The summed E-state index contributed by atoms with van der Waals surface area (Å²) in [5, 5.41) is 0. The first kappa shape index (κ1) is 11.0. The zero-order valence-electron chi connectivity index (χ0n) is 8.54. The van der Waals surface area contributed by atoms with E-state index in [0.717, 1.165) is 6.54 Å². The Hall–Kier alpha value is -0.980. The second kappa shape index (κ2) is 6.71. The van der Waals surface area contributed by atoms with E-state index in [1.807, 2.05) is 19.9 Å². The number of nitrogens with zero attached hydrogens (tertiary/aromatic N) is 1. The fraction of sp³-hybridized carbons (Fsp3) is 0.455. The summed E-state index contributed by atoms with van der Waals surface area (Å²) in [6, 6.07) is 0. The lowest BCUT2D eigenvalue weighted by atomic mass is 10.3. The highest BCUT2D eigenvalue weighted by molar-refractivity contribution is 5.21. The van der Waals surface area contributed by atoms with Gasteiger partial charge < -0.3 is 4.90 Å². The molecule has 0 N–H and O–H groups in total. The summed E-state index contributed by atoms with van der Waals surface area (Å²) >= 11 is 0. The Balaban J connectivity index is 4.41. The van der Waals surface area contributed by atoms with Gasteiger partial charge in [-0.1, -0.05) is 18.2 Å². The van der Waals surface area contributed by atoms with Crippen molar-refractivity contribution in [2.45, 2.75) is 20.8 Å². The van der Waals surface area contributed by atoms with E-state index in [1.165, 1.54) is 5.70 Å². The molecule has 0 bridgehead atoms. The molecule has 0 aliphatic rings. The van der Waals surface area contributed by atoms with Gasteiger partial charge in [0.1, 0.15) is 0 Å². The molecule has 0 saturated heterocycles. The summed E-state index contributed by atoms with van der Waals surface area (Å²) in [6.45, 7) is 7.24. The molecule has 0 aromatic heterocycles. The van der Waals surface area contributed by atoms with Crippen LogP contribution in [0.5, 0.6) is 0 Å². The van der Waals surface area contributed by atoms with Crippen molar-refractivity contribution >= 4 is 0 Å². The minimum Gasteiger partial charge on any atom is -0.375 e. The molecule has 0 radical (unpaired) electrons. The normalized spacial score (nSPS) is 13.2. The van der Waals surface area contributed by atoms with Crippen LogP contribution in [0.3, 0.4) is 0 Å². The third-order valence-electron chi connectivity index (χ3n) is 1.71. The Kier molecular flexibility index (Phi) is 6.16. The molecule has 0 spiro atoms. The van der Waals surface area contributed by atoms with Crippen molar-refractivity contribution in [1.82, 2.24) is 4.90 Å². The number of hydrogen-bond acceptors (Lipinski definition) is 1. The van der Waals surface area contributed by atoms with Crippen LogP contribution in [-0.4, -0.2) is 18.5 Å². The SMILES string of the molecule is C\C=C/C(=C\C=C\C)N(C)CC. The van der Waals surface area contributed by atoms with Gasteiger partial charge in [0.2, 0.25) is 0 Å². The number of allylic oxidation sites excluding steroid dienone is 5. The molecule has 1 nitrogen and oxygen atoms in total. The number of likely N-dealkylation sites (N-methyl/N-ethyl adjacent to an activating group) is 1. The highest BCUT2D eigenvalue weighted by Gasteiger charge is 1.94. The van der Waals surface area contributed by atoms with Crippen molar-refractivity contribution in [1.29, 1.82) is 0 Å². The van der Waals surface area contributed by atoms with Crippen molar-refractivity contribution < 1.29 is 0 Å². The standard InChI is InChI=1S/C11H19N/c1-5-8-10-11(9-6-2)12(4)7-3/h5-6,8-10H,7H2,1-4H3/b8-5+,9-6-,11-10+. The third-order valence-corrected chi connectivity index (χ3v) is 1.71. The van der Waals surface area contributed by atoms with Crippen LogP contribution in [0.1, 0.15) is 20.8 Å². The molecule has 0 heterocycles. The lowest BCUT2D eigenvalue weighted by Crippen LogP contribution is -2.15. The van der Waals surface area contributed by atoms with E-state index in [-0.39, 0.29) is 0 Å². The first-order valence-corrected chi connectivity index (χ1v) is 4.43. The van der Waals surface area contributed by atoms with Gasteiger partial charge in [0.05, 0.1) is 0 Å². The Morgan fingerprint density at radius 1 is 1.25 bits per heavy atom. The Morgan fingerprint density at radius 2 is 1.92 bits per heavy atom. The second-order valence-electron chi connectivity index (χ2n) is 2.63. The third kappa shape index (κ3) is 4.02. The first-order valence-electron chi connectivity index (χ1n) is 4.43. The van der Waals surface area contributed by atoms with Crippen molar-refractivity contribution in [3.63, 3.8) is 0 Å². The maximum atomic E-state index is 2.21. The van der Waals surface area contributed by atoms with Gasteiger partial charge in [-0.2, -0.15) is 0 Å². The molecule has 12 heavy (non-hydrogen) atoms. The van der Waals surface area contributed by atoms with Crippen LogP contribution < -0.4 is 0 Å². The fourth-order valence-corrected chi connectivity index (χ4v) is 0.858. The lowest BCUT2D eigenvalue weighted by molar-refractivity contribution is 0.456. The average Bonchev–Trinajstić information content (AvgIpc) is 2.11. The van der Waals surface area contributed by atoms with E-state index >= 15 is 0 Å². The van der Waals surface area contributed by atoms with Gasteiger partial charge in [-0.15, -0.1) is 0 Å². The van der Waals surface area contributed by atoms with Crippen LogP contribution in [0.25, 0.3) is 0 Å². The molecule has 0 saturated carbocycles. The molecule has 0 atom stereocenters. The molecule has 0 unspecified atom stereocenters. The molecular weight excluding hydrogens is 146 g/mol. The molecule has 0 amide bonds. The zero-order chi connectivity index (χ0) is 9.40. The number of hydrogen-bond donors (Lipinski definition) is 0. The van der Waals surface area contributed by atoms with Crippen LogP contribution in [0, 0.1) is 0 Å². The van der Waals surface area contributed by atoms with Gasteiger partial charge in [0.25, 0.3) is 0 Å². The Morgan fingerprint density at radius 3 is 2.33 bits per heavy atom. The van der Waals surface area contributed by atoms with Crippen molar-refractivity contribution in [3.05, 3.63) is 36.1 Å². The topological polar surface area (TPSA) is 3.24 Å². The van der Waals surface area contributed by atoms with Crippen molar-refractivity contribution in [2.24, 2.45) is 0 Å². The highest BCUT2D eigenvalue weighted by Crippen LogP contribution is 2.02. The summed E-state index contributed by atoms with van der Waals surface area (Å²) in [4.78, 5) is 2.21. The van der Waals surface area contributed by atoms with Crippen LogP contribution >= 0.6 is 0 Å². The summed E-state index contributed by atoms with van der Waals surface area (Å²) < 4.78 is 0. The smallest absolute Gasteiger partial charge is 0.0360 e. The van der Waals surface area contributed by atoms with Gasteiger partial charge in [0.15, 0.2) is 0 Å². The van der Waals surface area contributed by atoms with E-state index < -0.39 is 0 Å². The molecule has 0 aromatic rings. The van der Waals surface area contributed by atoms with Crippen molar-refractivity contribution in [3.8, 4) is 0 Å².